The lowest BCUT2D eigenvalue weighted by atomic mass is 9.82. The van der Waals surface area contributed by atoms with Gasteiger partial charge in [0, 0.05) is 24.7 Å². The number of halogens is 1. The molecule has 0 saturated carbocycles. The van der Waals surface area contributed by atoms with Gasteiger partial charge in [0.25, 0.3) is 5.91 Å². The van der Waals surface area contributed by atoms with Crippen LogP contribution in [0, 0.1) is 5.41 Å². The van der Waals surface area contributed by atoms with Crippen LogP contribution < -0.4 is 4.74 Å². The number of nitrogens with zero attached hydrogens (tertiary/aromatic N) is 2. The fourth-order valence-corrected chi connectivity index (χ4v) is 3.30. The van der Waals surface area contributed by atoms with E-state index in [1.165, 1.54) is 0 Å². The Morgan fingerprint density at radius 1 is 1.40 bits per heavy atom. The number of amides is 1. The summed E-state index contributed by atoms with van der Waals surface area (Å²) < 4.78 is 5.66. The van der Waals surface area contributed by atoms with Gasteiger partial charge in [0.2, 0.25) is 0 Å². The second-order valence-corrected chi connectivity index (χ2v) is 6.93. The van der Waals surface area contributed by atoms with Crippen LogP contribution >= 0.6 is 11.6 Å². The van der Waals surface area contributed by atoms with Crippen LogP contribution in [-0.2, 0) is 9.59 Å². The lowest BCUT2D eigenvalue weighted by Gasteiger charge is -2.37. The molecule has 7 heteroatoms. The molecule has 1 atom stereocenters. The average Bonchev–Trinajstić information content (AvgIpc) is 2.61. The molecular weight excluding hydrogens is 344 g/mol. The monoisotopic (exact) mass is 362 g/mol. The zero-order chi connectivity index (χ0) is 18.0. The lowest BCUT2D eigenvalue weighted by molar-refractivity contribution is -0.153. The number of carbonyl (C=O) groups excluding carboxylic acids is 1. The third kappa shape index (κ3) is 3.54. The summed E-state index contributed by atoms with van der Waals surface area (Å²) in [5.74, 6) is -0.628. The van der Waals surface area contributed by atoms with Crippen molar-refractivity contribution in [2.45, 2.75) is 19.8 Å². The number of rotatable bonds is 4. The van der Waals surface area contributed by atoms with Crippen molar-refractivity contribution >= 4 is 34.4 Å². The van der Waals surface area contributed by atoms with Gasteiger partial charge in [0.1, 0.15) is 11.3 Å². The second kappa shape index (κ2) is 6.88. The van der Waals surface area contributed by atoms with Crippen molar-refractivity contribution in [1.82, 2.24) is 9.88 Å². The maximum atomic E-state index is 12.4. The minimum atomic E-state index is -0.900. The van der Waals surface area contributed by atoms with E-state index in [0.29, 0.717) is 35.7 Å². The van der Waals surface area contributed by atoms with Crippen molar-refractivity contribution in [3.05, 3.63) is 35.5 Å². The van der Waals surface area contributed by atoms with Crippen LogP contribution in [0.4, 0.5) is 0 Å². The molecule has 0 radical (unpaired) electrons. The predicted molar refractivity (Wildman–Crippen MR) is 93.8 cm³/mol. The van der Waals surface area contributed by atoms with Gasteiger partial charge in [-0.2, -0.15) is 0 Å². The van der Waals surface area contributed by atoms with Gasteiger partial charge in [0.05, 0.1) is 10.4 Å². The standard InChI is InChI=1S/C18H19ClN2O4/c1-18(17(23)24)7-3-9-21(11-18)15(22)10-25-14-6-5-13(19)12-4-2-8-20-16(12)14/h2,4-6,8H,3,7,9-11H2,1H3,(H,23,24). The molecule has 1 saturated heterocycles. The first-order valence-corrected chi connectivity index (χ1v) is 8.46. The molecule has 3 rings (SSSR count). The van der Waals surface area contributed by atoms with Crippen molar-refractivity contribution in [3.63, 3.8) is 0 Å². The maximum Gasteiger partial charge on any atom is 0.311 e. The number of hydrogen-bond donors (Lipinski definition) is 1. The molecule has 2 aromatic rings. The Morgan fingerprint density at radius 3 is 2.96 bits per heavy atom. The Hall–Kier alpha value is -2.34. The molecule has 1 aliphatic rings. The van der Waals surface area contributed by atoms with E-state index in [4.69, 9.17) is 16.3 Å². The molecular formula is C18H19ClN2O4. The Bertz CT molecular complexity index is 826. The van der Waals surface area contributed by atoms with E-state index in [9.17, 15) is 14.7 Å². The Morgan fingerprint density at radius 2 is 2.20 bits per heavy atom. The summed E-state index contributed by atoms with van der Waals surface area (Å²) in [6, 6.07) is 7.00. The van der Waals surface area contributed by atoms with Crippen LogP contribution in [0.1, 0.15) is 19.8 Å². The Labute approximate surface area is 150 Å². The first kappa shape index (κ1) is 17.5. The van der Waals surface area contributed by atoms with E-state index in [0.717, 1.165) is 5.39 Å². The molecule has 1 N–H and O–H groups in total. The summed E-state index contributed by atoms with van der Waals surface area (Å²) in [6.07, 6.45) is 2.87. The third-order valence-electron chi connectivity index (χ3n) is 4.60. The fourth-order valence-electron chi connectivity index (χ4n) is 3.09. The first-order valence-electron chi connectivity index (χ1n) is 8.08. The third-order valence-corrected chi connectivity index (χ3v) is 4.93. The van der Waals surface area contributed by atoms with Gasteiger partial charge in [-0.1, -0.05) is 11.6 Å². The first-order chi connectivity index (χ1) is 11.9. The number of aromatic nitrogens is 1. The van der Waals surface area contributed by atoms with Crippen LogP contribution in [0.25, 0.3) is 10.9 Å². The summed E-state index contributed by atoms with van der Waals surface area (Å²) in [5.41, 5.74) is -0.306. The number of carboxylic acid groups (broad SMARTS) is 1. The normalized spacial score (nSPS) is 20.5. The SMILES string of the molecule is CC1(C(=O)O)CCCN(C(=O)COc2ccc(Cl)c3cccnc23)C1. The van der Waals surface area contributed by atoms with Crippen LogP contribution in [0.15, 0.2) is 30.5 Å². The largest absolute Gasteiger partial charge is 0.481 e. The molecule has 0 aliphatic carbocycles. The number of aliphatic carboxylic acids is 1. The van der Waals surface area contributed by atoms with Gasteiger partial charge < -0.3 is 14.7 Å². The van der Waals surface area contributed by atoms with Gasteiger partial charge in [-0.25, -0.2) is 0 Å². The molecule has 0 spiro atoms. The van der Waals surface area contributed by atoms with Gasteiger partial charge in [0.15, 0.2) is 6.61 Å². The molecule has 1 fully saturated rings. The topological polar surface area (TPSA) is 79.7 Å². The molecule has 2 heterocycles. The molecule has 132 valence electrons. The van der Waals surface area contributed by atoms with E-state index >= 15 is 0 Å². The molecule has 0 bridgehead atoms. The Balaban J connectivity index is 1.71. The number of carbonyl (C=O) groups is 2. The van der Waals surface area contributed by atoms with Gasteiger partial charge in [-0.15, -0.1) is 0 Å². The highest BCUT2D eigenvalue weighted by atomic mass is 35.5. The number of ether oxygens (including phenoxy) is 1. The molecule has 1 aromatic heterocycles. The summed E-state index contributed by atoms with van der Waals surface area (Å²) >= 11 is 6.15. The molecule has 1 aromatic carbocycles. The number of benzene rings is 1. The number of piperidine rings is 1. The van der Waals surface area contributed by atoms with Gasteiger partial charge in [-0.3, -0.25) is 14.6 Å². The highest BCUT2D eigenvalue weighted by molar-refractivity contribution is 6.35. The van der Waals surface area contributed by atoms with E-state index in [1.807, 2.05) is 6.07 Å². The predicted octanol–water partition coefficient (Wildman–Crippen LogP) is 2.98. The highest BCUT2D eigenvalue weighted by Crippen LogP contribution is 2.31. The molecule has 25 heavy (non-hydrogen) atoms. The number of fused-ring (bicyclic) bond motifs is 1. The number of hydrogen-bond acceptors (Lipinski definition) is 4. The summed E-state index contributed by atoms with van der Waals surface area (Å²) in [6.45, 7) is 2.25. The second-order valence-electron chi connectivity index (χ2n) is 6.52. The molecule has 1 aliphatic heterocycles. The van der Waals surface area contributed by atoms with Gasteiger partial charge in [-0.05, 0) is 44.0 Å². The summed E-state index contributed by atoms with van der Waals surface area (Å²) in [7, 11) is 0. The quantitative estimate of drug-likeness (QED) is 0.904. The van der Waals surface area contributed by atoms with Crippen molar-refractivity contribution < 1.29 is 19.4 Å². The van der Waals surface area contributed by atoms with Crippen LogP contribution in [0.5, 0.6) is 5.75 Å². The number of pyridine rings is 1. The minimum Gasteiger partial charge on any atom is -0.481 e. The number of carboxylic acids is 1. The van der Waals surface area contributed by atoms with E-state index in [2.05, 4.69) is 4.98 Å². The van der Waals surface area contributed by atoms with Crippen LogP contribution in [0.3, 0.4) is 0 Å². The average molecular weight is 363 g/mol. The summed E-state index contributed by atoms with van der Waals surface area (Å²) in [5, 5.41) is 10.7. The van der Waals surface area contributed by atoms with E-state index in [-0.39, 0.29) is 19.1 Å². The molecule has 1 unspecified atom stereocenters. The zero-order valence-electron chi connectivity index (χ0n) is 13.9. The maximum absolute atomic E-state index is 12.4. The summed E-state index contributed by atoms with van der Waals surface area (Å²) in [4.78, 5) is 29.7. The van der Waals surface area contributed by atoms with Crippen molar-refractivity contribution in [1.29, 1.82) is 0 Å². The van der Waals surface area contributed by atoms with Crippen LogP contribution in [-0.4, -0.2) is 46.6 Å². The smallest absolute Gasteiger partial charge is 0.311 e. The van der Waals surface area contributed by atoms with Crippen molar-refractivity contribution in [3.8, 4) is 5.75 Å². The van der Waals surface area contributed by atoms with Crippen molar-refractivity contribution in [2.24, 2.45) is 5.41 Å². The zero-order valence-corrected chi connectivity index (χ0v) is 14.6. The number of likely N-dealkylation sites (tertiary alicyclic amines) is 1. The van der Waals surface area contributed by atoms with E-state index in [1.54, 1.807) is 36.2 Å². The molecule has 1 amide bonds. The minimum absolute atomic E-state index is 0.164. The molecule has 6 nitrogen and oxygen atoms in total. The fraction of sp³-hybridized carbons (Fsp3) is 0.389. The van der Waals surface area contributed by atoms with E-state index < -0.39 is 11.4 Å². The highest BCUT2D eigenvalue weighted by Gasteiger charge is 2.39. The Kier molecular flexibility index (Phi) is 4.81. The van der Waals surface area contributed by atoms with Crippen molar-refractivity contribution in [2.75, 3.05) is 19.7 Å². The van der Waals surface area contributed by atoms with Gasteiger partial charge >= 0.3 is 5.97 Å². The lowest BCUT2D eigenvalue weighted by Crippen LogP contribution is -2.49. The van der Waals surface area contributed by atoms with Crippen LogP contribution in [0.2, 0.25) is 5.02 Å².